The lowest BCUT2D eigenvalue weighted by Gasteiger charge is -2.05. The average Bonchev–Trinajstić information content (AvgIpc) is 2.63. The Morgan fingerprint density at radius 3 is 2.41 bits per heavy atom. The molecule has 17 heavy (non-hydrogen) atoms. The van der Waals surface area contributed by atoms with Gasteiger partial charge in [0.1, 0.15) is 10.8 Å². The second kappa shape index (κ2) is 5.00. The fraction of sp³-hybridized carbons (Fsp3) is 0. The summed E-state index contributed by atoms with van der Waals surface area (Å²) in [5, 5.41) is 3.64. The summed E-state index contributed by atoms with van der Waals surface area (Å²) in [4.78, 5) is 14.5. The van der Waals surface area contributed by atoms with Crippen LogP contribution in [0, 0.1) is 0 Å². The van der Waals surface area contributed by atoms with Gasteiger partial charge in [0.05, 0.1) is 15.7 Å². The zero-order valence-electron chi connectivity index (χ0n) is 8.43. The summed E-state index contributed by atoms with van der Waals surface area (Å²) in [6, 6.07) is 8.39. The Bertz CT molecular complexity index is 546. The molecule has 0 spiro atoms. The second-order valence-electron chi connectivity index (χ2n) is 3.28. The molecule has 2 rings (SSSR count). The molecule has 1 amide bonds. The summed E-state index contributed by atoms with van der Waals surface area (Å²) in [5.74, 6) is -0.355. The van der Waals surface area contributed by atoms with Gasteiger partial charge in [-0.1, -0.05) is 46.9 Å². The Morgan fingerprint density at radius 1 is 1.12 bits per heavy atom. The molecule has 6 heteroatoms. The van der Waals surface area contributed by atoms with Gasteiger partial charge in [0.2, 0.25) is 0 Å². The fourth-order valence-corrected chi connectivity index (χ4v) is 1.77. The molecule has 0 atom stereocenters. The summed E-state index contributed by atoms with van der Waals surface area (Å²) in [7, 11) is 0. The van der Waals surface area contributed by atoms with Crippen molar-refractivity contribution in [1.29, 1.82) is 0 Å². The minimum Gasteiger partial charge on any atom is -0.340 e. The molecule has 3 nitrogen and oxygen atoms in total. The van der Waals surface area contributed by atoms with Crippen molar-refractivity contribution in [1.82, 2.24) is 4.98 Å². The van der Waals surface area contributed by atoms with Crippen LogP contribution in [0.4, 0.5) is 5.69 Å². The van der Waals surface area contributed by atoms with Gasteiger partial charge in [-0.25, -0.2) is 0 Å². The Balaban J connectivity index is 2.20. The summed E-state index contributed by atoms with van der Waals surface area (Å²) >= 11 is 17.4. The third-order valence-corrected chi connectivity index (χ3v) is 3.11. The van der Waals surface area contributed by atoms with Gasteiger partial charge < -0.3 is 10.3 Å². The van der Waals surface area contributed by atoms with Crippen molar-refractivity contribution in [3.8, 4) is 0 Å². The number of aromatic amines is 1. The number of carbonyl (C=O) groups is 1. The normalized spacial score (nSPS) is 10.3. The van der Waals surface area contributed by atoms with Crippen LogP contribution in [-0.4, -0.2) is 10.9 Å². The highest BCUT2D eigenvalue weighted by Gasteiger charge is 2.12. The van der Waals surface area contributed by atoms with Gasteiger partial charge in [0.25, 0.3) is 5.91 Å². The Hall–Kier alpha value is -1.16. The average molecular weight is 290 g/mol. The van der Waals surface area contributed by atoms with Crippen molar-refractivity contribution in [3.05, 3.63) is 51.2 Å². The van der Waals surface area contributed by atoms with Crippen molar-refractivity contribution in [2.24, 2.45) is 0 Å². The van der Waals surface area contributed by atoms with Crippen molar-refractivity contribution in [3.63, 3.8) is 0 Å². The van der Waals surface area contributed by atoms with Gasteiger partial charge in [0.15, 0.2) is 0 Å². The molecule has 1 aromatic heterocycles. The van der Waals surface area contributed by atoms with E-state index in [1.165, 1.54) is 6.07 Å². The molecule has 0 radical (unpaired) electrons. The molecule has 0 saturated carbocycles. The van der Waals surface area contributed by atoms with Gasteiger partial charge in [0, 0.05) is 0 Å². The predicted molar refractivity (Wildman–Crippen MR) is 70.2 cm³/mol. The standard InChI is InChI=1S/C11H7Cl3N2O/c12-6-3-1-2-4-8(6)16-11(17)9-5-7(13)10(14)15-9/h1-5,15H,(H,16,17). The number of para-hydroxylation sites is 1. The zero-order valence-corrected chi connectivity index (χ0v) is 10.7. The highest BCUT2D eigenvalue weighted by molar-refractivity contribution is 6.41. The first-order chi connectivity index (χ1) is 8.08. The Kier molecular flexibility index (Phi) is 3.62. The first kappa shape index (κ1) is 12.3. The number of nitrogens with one attached hydrogen (secondary N) is 2. The van der Waals surface area contributed by atoms with Gasteiger partial charge >= 0.3 is 0 Å². The lowest BCUT2D eigenvalue weighted by molar-refractivity contribution is 0.102. The van der Waals surface area contributed by atoms with E-state index in [2.05, 4.69) is 10.3 Å². The van der Waals surface area contributed by atoms with Crippen LogP contribution in [-0.2, 0) is 0 Å². The van der Waals surface area contributed by atoms with E-state index >= 15 is 0 Å². The number of benzene rings is 1. The smallest absolute Gasteiger partial charge is 0.272 e. The number of aromatic nitrogens is 1. The maximum absolute atomic E-state index is 11.8. The minimum absolute atomic E-state index is 0.232. The maximum atomic E-state index is 11.8. The molecule has 0 unspecified atom stereocenters. The monoisotopic (exact) mass is 288 g/mol. The maximum Gasteiger partial charge on any atom is 0.272 e. The molecule has 0 aliphatic heterocycles. The number of rotatable bonds is 2. The minimum atomic E-state index is -0.355. The third kappa shape index (κ3) is 2.75. The molecule has 0 aliphatic rings. The van der Waals surface area contributed by atoms with E-state index in [1.807, 2.05) is 0 Å². The number of halogens is 3. The van der Waals surface area contributed by atoms with Crippen LogP contribution in [0.3, 0.4) is 0 Å². The third-order valence-electron chi connectivity index (χ3n) is 2.09. The molecule has 0 aliphatic carbocycles. The first-order valence-electron chi connectivity index (χ1n) is 4.68. The van der Waals surface area contributed by atoms with Crippen LogP contribution in [0.15, 0.2) is 30.3 Å². The van der Waals surface area contributed by atoms with E-state index in [1.54, 1.807) is 24.3 Å². The molecule has 1 heterocycles. The highest BCUT2D eigenvalue weighted by Crippen LogP contribution is 2.24. The topological polar surface area (TPSA) is 44.9 Å². The van der Waals surface area contributed by atoms with Crippen LogP contribution >= 0.6 is 34.8 Å². The van der Waals surface area contributed by atoms with Crippen LogP contribution in [0.1, 0.15) is 10.5 Å². The quantitative estimate of drug-likeness (QED) is 0.854. The molecule has 2 N–H and O–H groups in total. The molecule has 0 fully saturated rings. The Labute approximate surface area is 113 Å². The van der Waals surface area contributed by atoms with Crippen LogP contribution in [0.2, 0.25) is 15.2 Å². The molecule has 2 aromatic rings. The number of hydrogen-bond donors (Lipinski definition) is 2. The van der Waals surface area contributed by atoms with Crippen LogP contribution < -0.4 is 5.32 Å². The van der Waals surface area contributed by atoms with Gasteiger partial charge in [-0.05, 0) is 18.2 Å². The molecule has 0 saturated heterocycles. The van der Waals surface area contributed by atoms with E-state index in [9.17, 15) is 4.79 Å². The number of anilines is 1. The van der Waals surface area contributed by atoms with Crippen molar-refractivity contribution < 1.29 is 4.79 Å². The van der Waals surface area contributed by atoms with Gasteiger partial charge in [-0.3, -0.25) is 4.79 Å². The van der Waals surface area contributed by atoms with Crippen molar-refractivity contribution >= 4 is 46.4 Å². The summed E-state index contributed by atoms with van der Waals surface area (Å²) in [6.45, 7) is 0. The summed E-state index contributed by atoms with van der Waals surface area (Å²) in [5.41, 5.74) is 0.806. The van der Waals surface area contributed by atoms with Crippen LogP contribution in [0.5, 0.6) is 0 Å². The fourth-order valence-electron chi connectivity index (χ4n) is 1.28. The number of amides is 1. The van der Waals surface area contributed by atoms with Gasteiger partial charge in [-0.15, -0.1) is 0 Å². The van der Waals surface area contributed by atoms with E-state index in [0.717, 1.165) is 0 Å². The molecular weight excluding hydrogens is 282 g/mol. The van der Waals surface area contributed by atoms with Crippen molar-refractivity contribution in [2.75, 3.05) is 5.32 Å². The van der Waals surface area contributed by atoms with E-state index in [4.69, 9.17) is 34.8 Å². The molecule has 0 bridgehead atoms. The number of carbonyl (C=O) groups excluding carboxylic acids is 1. The summed E-state index contributed by atoms with van der Waals surface area (Å²) < 4.78 is 0. The predicted octanol–water partition coefficient (Wildman–Crippen LogP) is 4.23. The number of hydrogen-bond acceptors (Lipinski definition) is 1. The molecule has 88 valence electrons. The molecular formula is C11H7Cl3N2O. The lowest BCUT2D eigenvalue weighted by Crippen LogP contribution is -2.12. The van der Waals surface area contributed by atoms with E-state index in [0.29, 0.717) is 15.7 Å². The van der Waals surface area contributed by atoms with E-state index in [-0.39, 0.29) is 16.8 Å². The first-order valence-corrected chi connectivity index (χ1v) is 5.81. The molecule has 1 aromatic carbocycles. The SMILES string of the molecule is O=C(Nc1ccccc1Cl)c1cc(Cl)c(Cl)[nH]1. The van der Waals surface area contributed by atoms with Crippen molar-refractivity contribution in [2.45, 2.75) is 0 Å². The second-order valence-corrected chi connectivity index (χ2v) is 4.47. The Morgan fingerprint density at radius 2 is 1.82 bits per heavy atom. The highest BCUT2D eigenvalue weighted by atomic mass is 35.5. The van der Waals surface area contributed by atoms with Crippen LogP contribution in [0.25, 0.3) is 0 Å². The van der Waals surface area contributed by atoms with Gasteiger partial charge in [-0.2, -0.15) is 0 Å². The zero-order chi connectivity index (χ0) is 12.4. The van der Waals surface area contributed by atoms with E-state index < -0.39 is 0 Å². The largest absolute Gasteiger partial charge is 0.340 e. The lowest BCUT2D eigenvalue weighted by atomic mass is 10.3. The number of H-pyrrole nitrogens is 1. The summed E-state index contributed by atoms with van der Waals surface area (Å²) in [6.07, 6.45) is 0.